The van der Waals surface area contributed by atoms with Crippen molar-refractivity contribution in [2.45, 2.75) is 32.9 Å². The number of nitrogens with one attached hydrogen (secondary N) is 1. The van der Waals surface area contributed by atoms with Gasteiger partial charge in [-0.05, 0) is 24.5 Å². The van der Waals surface area contributed by atoms with Crippen LogP contribution in [0.5, 0.6) is 0 Å². The van der Waals surface area contributed by atoms with E-state index in [1.165, 1.54) is 4.90 Å². The van der Waals surface area contributed by atoms with Crippen LogP contribution in [0, 0.1) is 5.92 Å². The SMILES string of the molecule is CC(C)[C@]1(C)NC(=O)N(Cc2cccc3cccnc23)C1=O. The number of hydrogen-bond acceptors (Lipinski definition) is 3. The Hall–Kier alpha value is -2.43. The zero-order valence-corrected chi connectivity index (χ0v) is 13.0. The lowest BCUT2D eigenvalue weighted by molar-refractivity contribution is -0.132. The number of fused-ring (bicyclic) bond motifs is 1. The Labute approximate surface area is 129 Å². The molecule has 1 fully saturated rings. The molecule has 5 heteroatoms. The summed E-state index contributed by atoms with van der Waals surface area (Å²) in [6.07, 6.45) is 1.72. The van der Waals surface area contributed by atoms with Gasteiger partial charge in [0.05, 0.1) is 12.1 Å². The molecule has 1 aromatic carbocycles. The quantitative estimate of drug-likeness (QED) is 0.886. The minimum atomic E-state index is -0.838. The lowest BCUT2D eigenvalue weighted by Gasteiger charge is -2.25. The first-order valence-electron chi connectivity index (χ1n) is 7.40. The Morgan fingerprint density at radius 2 is 1.95 bits per heavy atom. The van der Waals surface area contributed by atoms with Crippen molar-refractivity contribution >= 4 is 22.8 Å². The van der Waals surface area contributed by atoms with E-state index in [2.05, 4.69) is 10.3 Å². The molecule has 1 saturated heterocycles. The molecule has 2 heterocycles. The van der Waals surface area contributed by atoms with Crippen molar-refractivity contribution in [1.29, 1.82) is 0 Å². The van der Waals surface area contributed by atoms with E-state index in [1.807, 2.05) is 44.2 Å². The van der Waals surface area contributed by atoms with Crippen LogP contribution in [0.4, 0.5) is 4.79 Å². The number of carbonyl (C=O) groups is 2. The highest BCUT2D eigenvalue weighted by molar-refractivity contribution is 6.07. The van der Waals surface area contributed by atoms with Gasteiger partial charge in [-0.3, -0.25) is 14.7 Å². The van der Waals surface area contributed by atoms with E-state index < -0.39 is 5.54 Å². The average Bonchev–Trinajstić information content (AvgIpc) is 2.72. The highest BCUT2D eigenvalue weighted by atomic mass is 16.2. The van der Waals surface area contributed by atoms with Crippen LogP contribution in [0.25, 0.3) is 10.9 Å². The van der Waals surface area contributed by atoms with Gasteiger partial charge in [0.25, 0.3) is 5.91 Å². The third-order valence-corrected chi connectivity index (χ3v) is 4.50. The van der Waals surface area contributed by atoms with Crippen molar-refractivity contribution in [2.75, 3.05) is 0 Å². The monoisotopic (exact) mass is 297 g/mol. The number of carbonyl (C=O) groups excluding carboxylic acids is 2. The largest absolute Gasteiger partial charge is 0.325 e. The molecule has 2 aromatic rings. The van der Waals surface area contributed by atoms with Crippen LogP contribution in [0.1, 0.15) is 26.3 Å². The highest BCUT2D eigenvalue weighted by Gasteiger charge is 2.49. The summed E-state index contributed by atoms with van der Waals surface area (Å²) in [5.41, 5.74) is 0.855. The molecule has 0 unspecified atom stereocenters. The number of aromatic nitrogens is 1. The van der Waals surface area contributed by atoms with Gasteiger partial charge in [-0.25, -0.2) is 4.79 Å². The van der Waals surface area contributed by atoms with Crippen LogP contribution >= 0.6 is 0 Å². The van der Waals surface area contributed by atoms with Gasteiger partial charge in [-0.15, -0.1) is 0 Å². The number of imide groups is 1. The second kappa shape index (κ2) is 5.09. The van der Waals surface area contributed by atoms with Crippen molar-refractivity contribution < 1.29 is 9.59 Å². The summed E-state index contributed by atoms with van der Waals surface area (Å²) in [6, 6.07) is 9.29. The first kappa shape index (κ1) is 14.5. The van der Waals surface area contributed by atoms with Crippen LogP contribution in [0.2, 0.25) is 0 Å². The minimum Gasteiger partial charge on any atom is -0.323 e. The molecule has 1 N–H and O–H groups in total. The fraction of sp³-hybridized carbons (Fsp3) is 0.353. The maximum Gasteiger partial charge on any atom is 0.325 e. The zero-order valence-electron chi connectivity index (χ0n) is 13.0. The number of benzene rings is 1. The van der Waals surface area contributed by atoms with Gasteiger partial charge in [-0.2, -0.15) is 0 Å². The lowest BCUT2D eigenvalue weighted by Crippen LogP contribution is -2.48. The maximum absolute atomic E-state index is 12.6. The normalized spacial score (nSPS) is 21.7. The first-order chi connectivity index (χ1) is 10.4. The predicted molar refractivity (Wildman–Crippen MR) is 84.1 cm³/mol. The van der Waals surface area contributed by atoms with E-state index in [9.17, 15) is 9.59 Å². The smallest absolute Gasteiger partial charge is 0.323 e. The van der Waals surface area contributed by atoms with Gasteiger partial charge in [0.2, 0.25) is 0 Å². The van der Waals surface area contributed by atoms with Gasteiger partial charge in [0.1, 0.15) is 5.54 Å². The molecule has 22 heavy (non-hydrogen) atoms. The van der Waals surface area contributed by atoms with E-state index >= 15 is 0 Å². The Morgan fingerprint density at radius 1 is 1.23 bits per heavy atom. The second-order valence-electron chi connectivity index (χ2n) is 6.17. The van der Waals surface area contributed by atoms with E-state index in [0.717, 1.165) is 16.5 Å². The van der Waals surface area contributed by atoms with E-state index in [0.29, 0.717) is 0 Å². The maximum atomic E-state index is 12.6. The van der Waals surface area contributed by atoms with E-state index in [-0.39, 0.29) is 24.4 Å². The van der Waals surface area contributed by atoms with Crippen LogP contribution < -0.4 is 5.32 Å². The molecule has 0 aliphatic carbocycles. The summed E-state index contributed by atoms with van der Waals surface area (Å²) >= 11 is 0. The molecule has 0 bridgehead atoms. The van der Waals surface area contributed by atoms with Gasteiger partial charge in [-0.1, -0.05) is 38.1 Å². The van der Waals surface area contributed by atoms with E-state index in [1.54, 1.807) is 13.1 Å². The Bertz CT molecular complexity index is 751. The molecular formula is C17H19N3O2. The predicted octanol–water partition coefficient (Wildman–Crippen LogP) is 2.70. The first-order valence-corrected chi connectivity index (χ1v) is 7.40. The highest BCUT2D eigenvalue weighted by Crippen LogP contribution is 2.27. The van der Waals surface area contributed by atoms with Crippen LogP contribution in [0.15, 0.2) is 36.5 Å². The molecule has 114 valence electrons. The number of amides is 3. The number of nitrogens with zero attached hydrogens (tertiary/aromatic N) is 2. The molecule has 1 aliphatic heterocycles. The summed E-state index contributed by atoms with van der Waals surface area (Å²) in [6.45, 7) is 5.88. The topological polar surface area (TPSA) is 62.3 Å². The van der Waals surface area contributed by atoms with Gasteiger partial charge >= 0.3 is 6.03 Å². The van der Waals surface area contributed by atoms with Crippen molar-refractivity contribution in [3.63, 3.8) is 0 Å². The van der Waals surface area contributed by atoms with Crippen molar-refractivity contribution in [1.82, 2.24) is 15.2 Å². The number of urea groups is 1. The molecule has 5 nitrogen and oxygen atoms in total. The van der Waals surface area contributed by atoms with Crippen LogP contribution in [-0.2, 0) is 11.3 Å². The molecule has 0 saturated carbocycles. The molecule has 1 aromatic heterocycles. The van der Waals surface area contributed by atoms with E-state index in [4.69, 9.17) is 0 Å². The summed E-state index contributed by atoms with van der Waals surface area (Å²) < 4.78 is 0. The van der Waals surface area contributed by atoms with Crippen molar-refractivity contribution in [3.8, 4) is 0 Å². The molecule has 0 radical (unpaired) electrons. The molecule has 3 rings (SSSR count). The summed E-state index contributed by atoms with van der Waals surface area (Å²) in [7, 11) is 0. The van der Waals surface area contributed by atoms with Crippen LogP contribution in [0.3, 0.4) is 0 Å². The second-order valence-corrected chi connectivity index (χ2v) is 6.17. The molecular weight excluding hydrogens is 278 g/mol. The minimum absolute atomic E-state index is 0.0274. The fourth-order valence-corrected chi connectivity index (χ4v) is 2.72. The van der Waals surface area contributed by atoms with Gasteiger partial charge < -0.3 is 5.32 Å². The van der Waals surface area contributed by atoms with Crippen molar-refractivity contribution in [3.05, 3.63) is 42.1 Å². The van der Waals surface area contributed by atoms with Crippen molar-refractivity contribution in [2.24, 2.45) is 5.92 Å². The summed E-state index contributed by atoms with van der Waals surface area (Å²) in [5.74, 6) is -0.153. The third-order valence-electron chi connectivity index (χ3n) is 4.50. The molecule has 3 amide bonds. The Kier molecular flexibility index (Phi) is 3.35. The Morgan fingerprint density at radius 3 is 2.64 bits per heavy atom. The number of para-hydroxylation sites is 1. The average molecular weight is 297 g/mol. The summed E-state index contributed by atoms with van der Waals surface area (Å²) in [5, 5.41) is 3.81. The van der Waals surface area contributed by atoms with Gasteiger partial charge in [0.15, 0.2) is 0 Å². The zero-order chi connectivity index (χ0) is 15.9. The molecule has 0 spiro atoms. The fourth-order valence-electron chi connectivity index (χ4n) is 2.72. The molecule has 1 atom stereocenters. The standard InChI is InChI=1S/C17H19N3O2/c1-11(2)17(3)15(21)20(16(22)19-17)10-13-7-4-6-12-8-5-9-18-14(12)13/h4-9,11H,10H2,1-3H3,(H,19,22)/t17-/m0/s1. The summed E-state index contributed by atoms with van der Waals surface area (Å²) in [4.78, 5) is 30.5. The number of hydrogen-bond donors (Lipinski definition) is 1. The van der Waals surface area contributed by atoms with Crippen LogP contribution in [-0.4, -0.2) is 27.4 Å². The third kappa shape index (κ3) is 2.13. The number of rotatable bonds is 3. The molecule has 1 aliphatic rings. The lowest BCUT2D eigenvalue weighted by atomic mass is 9.88. The number of pyridine rings is 1. The van der Waals surface area contributed by atoms with Gasteiger partial charge in [0, 0.05) is 11.6 Å². The Balaban J connectivity index is 1.96.